The van der Waals surface area contributed by atoms with Crippen LogP contribution in [0.4, 0.5) is 5.69 Å². The molecule has 1 aromatic rings. The van der Waals surface area contributed by atoms with Gasteiger partial charge in [0.2, 0.25) is 11.8 Å². The summed E-state index contributed by atoms with van der Waals surface area (Å²) in [5.74, 6) is 0.446. The largest absolute Gasteiger partial charge is 0.494 e. The number of ether oxygens (including phenoxy) is 1. The van der Waals surface area contributed by atoms with Crippen molar-refractivity contribution < 1.29 is 14.3 Å². The van der Waals surface area contributed by atoms with Crippen LogP contribution in [0.25, 0.3) is 0 Å². The van der Waals surface area contributed by atoms with Gasteiger partial charge in [-0.25, -0.2) is 0 Å². The van der Waals surface area contributed by atoms with Crippen molar-refractivity contribution in [2.24, 2.45) is 0 Å². The van der Waals surface area contributed by atoms with Crippen LogP contribution in [0.2, 0.25) is 0 Å². The molecule has 0 aliphatic carbocycles. The number of hydrogen-bond donors (Lipinski definition) is 3. The van der Waals surface area contributed by atoms with Gasteiger partial charge in [0.15, 0.2) is 0 Å². The Labute approximate surface area is 111 Å². The zero-order chi connectivity index (χ0) is 13.7. The van der Waals surface area contributed by atoms with Crippen molar-refractivity contribution in [3.8, 4) is 5.75 Å². The van der Waals surface area contributed by atoms with Crippen molar-refractivity contribution in [1.82, 2.24) is 10.6 Å². The number of anilines is 1. The van der Waals surface area contributed by atoms with E-state index in [0.29, 0.717) is 24.6 Å². The van der Waals surface area contributed by atoms with E-state index in [-0.39, 0.29) is 18.4 Å². The number of nitrogens with one attached hydrogen (secondary N) is 3. The highest BCUT2D eigenvalue weighted by Crippen LogP contribution is 2.17. The van der Waals surface area contributed by atoms with Crippen molar-refractivity contribution in [3.05, 3.63) is 24.3 Å². The molecular formula is C13H17N3O3. The summed E-state index contributed by atoms with van der Waals surface area (Å²) in [4.78, 5) is 23.0. The summed E-state index contributed by atoms with van der Waals surface area (Å²) in [5.41, 5.74) is 0.676. The lowest BCUT2D eigenvalue weighted by molar-refractivity contribution is -0.124. The molecule has 2 rings (SSSR count). The maximum absolute atomic E-state index is 12.0. The van der Waals surface area contributed by atoms with Gasteiger partial charge in [0, 0.05) is 18.3 Å². The van der Waals surface area contributed by atoms with E-state index < -0.39 is 6.04 Å². The van der Waals surface area contributed by atoms with Gasteiger partial charge in [0.1, 0.15) is 11.8 Å². The molecular weight excluding hydrogens is 246 g/mol. The quantitative estimate of drug-likeness (QED) is 0.720. The molecule has 3 N–H and O–H groups in total. The Hall–Kier alpha value is -2.08. The van der Waals surface area contributed by atoms with Gasteiger partial charge in [0.05, 0.1) is 13.2 Å². The second kappa shape index (κ2) is 6.19. The zero-order valence-corrected chi connectivity index (χ0v) is 10.7. The van der Waals surface area contributed by atoms with E-state index in [1.54, 1.807) is 12.1 Å². The van der Waals surface area contributed by atoms with Crippen molar-refractivity contribution in [3.63, 3.8) is 0 Å². The third-order valence-corrected chi connectivity index (χ3v) is 2.74. The monoisotopic (exact) mass is 263 g/mol. The molecule has 19 heavy (non-hydrogen) atoms. The highest BCUT2D eigenvalue weighted by atomic mass is 16.5. The summed E-state index contributed by atoms with van der Waals surface area (Å²) in [7, 11) is 0. The lowest BCUT2D eigenvalue weighted by Crippen LogP contribution is -2.56. The van der Waals surface area contributed by atoms with Gasteiger partial charge in [-0.3, -0.25) is 14.9 Å². The van der Waals surface area contributed by atoms with Gasteiger partial charge in [-0.2, -0.15) is 0 Å². The molecule has 0 bridgehead atoms. The van der Waals surface area contributed by atoms with Gasteiger partial charge < -0.3 is 15.4 Å². The number of benzene rings is 1. The van der Waals surface area contributed by atoms with E-state index in [9.17, 15) is 9.59 Å². The Balaban J connectivity index is 1.94. The smallest absolute Gasteiger partial charge is 0.243 e. The second-order valence-electron chi connectivity index (χ2n) is 4.19. The van der Waals surface area contributed by atoms with Gasteiger partial charge in [-0.15, -0.1) is 0 Å². The first-order valence-electron chi connectivity index (χ1n) is 6.23. The van der Waals surface area contributed by atoms with E-state index >= 15 is 0 Å². The van der Waals surface area contributed by atoms with E-state index in [0.717, 1.165) is 0 Å². The average Bonchev–Trinajstić information content (AvgIpc) is 2.40. The predicted octanol–water partition coefficient (Wildman–Crippen LogP) is 0.112. The van der Waals surface area contributed by atoms with Crippen LogP contribution in [0.1, 0.15) is 6.92 Å². The van der Waals surface area contributed by atoms with Crippen LogP contribution < -0.4 is 20.7 Å². The average molecular weight is 263 g/mol. The molecule has 6 nitrogen and oxygen atoms in total. The van der Waals surface area contributed by atoms with Crippen LogP contribution in [0.15, 0.2) is 24.3 Å². The molecule has 6 heteroatoms. The lowest BCUT2D eigenvalue weighted by atomic mass is 10.2. The highest BCUT2D eigenvalue weighted by Gasteiger charge is 2.23. The van der Waals surface area contributed by atoms with Crippen LogP contribution in [0.3, 0.4) is 0 Å². The van der Waals surface area contributed by atoms with Crippen molar-refractivity contribution >= 4 is 17.5 Å². The van der Waals surface area contributed by atoms with E-state index in [1.807, 2.05) is 19.1 Å². The number of hydrogen-bond acceptors (Lipinski definition) is 4. The van der Waals surface area contributed by atoms with Crippen molar-refractivity contribution in [2.75, 3.05) is 25.0 Å². The molecule has 0 aromatic heterocycles. The lowest BCUT2D eigenvalue weighted by Gasteiger charge is -2.23. The molecule has 1 fully saturated rings. The topological polar surface area (TPSA) is 79.5 Å². The Morgan fingerprint density at radius 2 is 2.37 bits per heavy atom. The normalized spacial score (nSPS) is 18.6. The predicted molar refractivity (Wildman–Crippen MR) is 71.0 cm³/mol. The van der Waals surface area contributed by atoms with Crippen molar-refractivity contribution in [1.29, 1.82) is 0 Å². The molecule has 1 heterocycles. The van der Waals surface area contributed by atoms with Gasteiger partial charge in [-0.05, 0) is 19.1 Å². The number of rotatable bonds is 4. The van der Waals surface area contributed by atoms with Crippen LogP contribution >= 0.6 is 0 Å². The van der Waals surface area contributed by atoms with Crippen LogP contribution in [0, 0.1) is 0 Å². The Morgan fingerprint density at radius 3 is 3.05 bits per heavy atom. The molecule has 1 aromatic carbocycles. The minimum Gasteiger partial charge on any atom is -0.494 e. The maximum Gasteiger partial charge on any atom is 0.243 e. The van der Waals surface area contributed by atoms with Gasteiger partial charge in [-0.1, -0.05) is 6.07 Å². The number of piperazine rings is 1. The zero-order valence-electron chi connectivity index (χ0n) is 10.7. The Bertz CT molecular complexity index is 466. The summed E-state index contributed by atoms with van der Waals surface area (Å²) in [6.45, 7) is 2.94. The Morgan fingerprint density at radius 1 is 1.53 bits per heavy atom. The SMILES string of the molecule is CCOc1cccc(NC(=O)C2CNC(=O)CN2)c1. The van der Waals surface area contributed by atoms with Crippen LogP contribution in [0.5, 0.6) is 5.75 Å². The molecule has 0 spiro atoms. The first-order valence-corrected chi connectivity index (χ1v) is 6.23. The number of amides is 2. The highest BCUT2D eigenvalue weighted by molar-refractivity contribution is 5.96. The first kappa shape index (κ1) is 13.4. The molecule has 0 saturated carbocycles. The minimum atomic E-state index is -0.409. The summed E-state index contributed by atoms with van der Waals surface area (Å²) in [6, 6.07) is 6.80. The standard InChI is InChI=1S/C13H17N3O3/c1-2-19-10-5-3-4-9(6-10)16-13(18)11-7-15-12(17)8-14-11/h3-6,11,14H,2,7-8H2,1H3,(H,15,17)(H,16,18). The maximum atomic E-state index is 12.0. The first-order chi connectivity index (χ1) is 9.19. The van der Waals surface area contributed by atoms with E-state index in [1.165, 1.54) is 0 Å². The fourth-order valence-electron chi connectivity index (χ4n) is 1.81. The van der Waals surface area contributed by atoms with E-state index in [2.05, 4.69) is 16.0 Å². The Kier molecular flexibility index (Phi) is 4.35. The van der Waals surface area contributed by atoms with Gasteiger partial charge >= 0.3 is 0 Å². The summed E-state index contributed by atoms with van der Waals surface area (Å²) in [5, 5.41) is 8.31. The summed E-state index contributed by atoms with van der Waals surface area (Å²) < 4.78 is 5.36. The molecule has 102 valence electrons. The van der Waals surface area contributed by atoms with Crippen LogP contribution in [-0.4, -0.2) is 37.6 Å². The molecule has 0 radical (unpaired) electrons. The molecule has 1 aliphatic heterocycles. The third-order valence-electron chi connectivity index (χ3n) is 2.74. The second-order valence-corrected chi connectivity index (χ2v) is 4.19. The number of carbonyl (C=O) groups excluding carboxylic acids is 2. The van der Waals surface area contributed by atoms with Gasteiger partial charge in [0.25, 0.3) is 0 Å². The molecule has 1 unspecified atom stereocenters. The van der Waals surface area contributed by atoms with Crippen LogP contribution in [-0.2, 0) is 9.59 Å². The molecule has 1 saturated heterocycles. The summed E-state index contributed by atoms with van der Waals surface area (Å²) >= 11 is 0. The fraction of sp³-hybridized carbons (Fsp3) is 0.385. The van der Waals surface area contributed by atoms with Crippen molar-refractivity contribution in [2.45, 2.75) is 13.0 Å². The fourth-order valence-corrected chi connectivity index (χ4v) is 1.81. The number of carbonyl (C=O) groups is 2. The molecule has 2 amide bonds. The summed E-state index contributed by atoms with van der Waals surface area (Å²) in [6.07, 6.45) is 0. The van der Waals surface area contributed by atoms with E-state index in [4.69, 9.17) is 4.74 Å². The third kappa shape index (κ3) is 3.69. The molecule has 1 atom stereocenters. The minimum absolute atomic E-state index is 0.0950. The molecule has 1 aliphatic rings.